The van der Waals surface area contributed by atoms with Crippen molar-refractivity contribution in [1.82, 2.24) is 10.1 Å². The number of ether oxygens (including phenoxy) is 1. The third-order valence-electron chi connectivity index (χ3n) is 3.80. The summed E-state index contributed by atoms with van der Waals surface area (Å²) in [6, 6.07) is 0.102. The van der Waals surface area contributed by atoms with Crippen molar-refractivity contribution in [3.8, 4) is 0 Å². The first-order chi connectivity index (χ1) is 9.20. The minimum absolute atomic E-state index is 0.102. The molecule has 0 aromatic carbocycles. The molecule has 1 aliphatic rings. The molecule has 108 valence electrons. The number of rotatable bonds is 7. The SMILES string of the molecule is CCCC(N)Cc1nc(C2(OCC)CCCC2)no1. The van der Waals surface area contributed by atoms with Crippen molar-refractivity contribution in [2.24, 2.45) is 5.73 Å². The van der Waals surface area contributed by atoms with E-state index in [-0.39, 0.29) is 11.6 Å². The Bertz CT molecular complexity index is 386. The Labute approximate surface area is 114 Å². The van der Waals surface area contributed by atoms with E-state index in [9.17, 15) is 0 Å². The van der Waals surface area contributed by atoms with E-state index < -0.39 is 0 Å². The van der Waals surface area contributed by atoms with Gasteiger partial charge in [-0.15, -0.1) is 0 Å². The van der Waals surface area contributed by atoms with Gasteiger partial charge in [0.05, 0.1) is 0 Å². The van der Waals surface area contributed by atoms with Crippen LogP contribution in [-0.4, -0.2) is 22.8 Å². The van der Waals surface area contributed by atoms with Crippen LogP contribution in [0.15, 0.2) is 4.52 Å². The highest BCUT2D eigenvalue weighted by Gasteiger charge is 2.40. The highest BCUT2D eigenvalue weighted by atomic mass is 16.5. The van der Waals surface area contributed by atoms with Gasteiger partial charge < -0.3 is 15.0 Å². The lowest BCUT2D eigenvalue weighted by molar-refractivity contribution is -0.0469. The average Bonchev–Trinajstić information content (AvgIpc) is 3.00. The molecule has 1 aromatic rings. The smallest absolute Gasteiger partial charge is 0.228 e. The summed E-state index contributed by atoms with van der Waals surface area (Å²) in [6.07, 6.45) is 7.02. The predicted molar refractivity (Wildman–Crippen MR) is 72.7 cm³/mol. The van der Waals surface area contributed by atoms with Crippen molar-refractivity contribution in [3.05, 3.63) is 11.7 Å². The Morgan fingerprint density at radius 3 is 2.74 bits per heavy atom. The van der Waals surface area contributed by atoms with Crippen molar-refractivity contribution in [1.29, 1.82) is 0 Å². The fourth-order valence-corrected chi connectivity index (χ4v) is 2.87. The lowest BCUT2D eigenvalue weighted by Gasteiger charge is -2.24. The molecule has 5 heteroatoms. The summed E-state index contributed by atoms with van der Waals surface area (Å²) in [5, 5.41) is 4.14. The van der Waals surface area contributed by atoms with Gasteiger partial charge in [0.25, 0.3) is 0 Å². The Kier molecular flexibility index (Phi) is 4.93. The van der Waals surface area contributed by atoms with Crippen LogP contribution in [0.5, 0.6) is 0 Å². The minimum Gasteiger partial charge on any atom is -0.367 e. The van der Waals surface area contributed by atoms with Crippen LogP contribution in [0.3, 0.4) is 0 Å². The summed E-state index contributed by atoms with van der Waals surface area (Å²) < 4.78 is 11.3. The number of nitrogens with two attached hydrogens (primary N) is 1. The predicted octanol–water partition coefficient (Wildman–Crippen LogP) is 2.55. The fourth-order valence-electron chi connectivity index (χ4n) is 2.87. The molecule has 0 saturated heterocycles. The molecule has 1 fully saturated rings. The van der Waals surface area contributed by atoms with Gasteiger partial charge in [-0.05, 0) is 39.0 Å². The Morgan fingerprint density at radius 2 is 2.11 bits per heavy atom. The third-order valence-corrected chi connectivity index (χ3v) is 3.80. The summed E-state index contributed by atoms with van der Waals surface area (Å²) in [7, 11) is 0. The molecule has 0 spiro atoms. The van der Waals surface area contributed by atoms with E-state index in [1.54, 1.807) is 0 Å². The first-order valence-corrected chi connectivity index (χ1v) is 7.43. The van der Waals surface area contributed by atoms with Gasteiger partial charge in [0.2, 0.25) is 11.7 Å². The normalized spacial score (nSPS) is 19.7. The molecule has 1 saturated carbocycles. The lowest BCUT2D eigenvalue weighted by atomic mass is 10.0. The molecule has 0 radical (unpaired) electrons. The molecular formula is C14H25N3O2. The average molecular weight is 267 g/mol. The van der Waals surface area contributed by atoms with Crippen LogP contribution in [0.25, 0.3) is 0 Å². The zero-order valence-electron chi connectivity index (χ0n) is 12.0. The monoisotopic (exact) mass is 267 g/mol. The second-order valence-electron chi connectivity index (χ2n) is 5.40. The van der Waals surface area contributed by atoms with E-state index >= 15 is 0 Å². The minimum atomic E-state index is -0.314. The standard InChI is InChI=1S/C14H25N3O2/c1-3-7-11(15)10-12-16-13(17-19-12)14(18-4-2)8-5-6-9-14/h11H,3-10,15H2,1-2H3. The second-order valence-corrected chi connectivity index (χ2v) is 5.40. The quantitative estimate of drug-likeness (QED) is 0.821. The van der Waals surface area contributed by atoms with Crippen molar-refractivity contribution in [3.63, 3.8) is 0 Å². The molecule has 5 nitrogen and oxygen atoms in total. The van der Waals surface area contributed by atoms with Crippen LogP contribution in [0, 0.1) is 0 Å². The summed E-state index contributed by atoms with van der Waals surface area (Å²) in [4.78, 5) is 4.52. The van der Waals surface area contributed by atoms with Gasteiger partial charge >= 0.3 is 0 Å². The van der Waals surface area contributed by atoms with E-state index in [1.165, 1.54) is 12.8 Å². The number of hydrogen-bond donors (Lipinski definition) is 1. The largest absolute Gasteiger partial charge is 0.367 e. The van der Waals surface area contributed by atoms with Gasteiger partial charge in [-0.1, -0.05) is 18.5 Å². The molecule has 1 aliphatic carbocycles. The van der Waals surface area contributed by atoms with Gasteiger partial charge in [-0.3, -0.25) is 0 Å². The molecule has 19 heavy (non-hydrogen) atoms. The maximum atomic E-state index is 6.01. The lowest BCUT2D eigenvalue weighted by Crippen LogP contribution is -2.28. The molecule has 1 atom stereocenters. The van der Waals surface area contributed by atoms with Crippen molar-refractivity contribution < 1.29 is 9.26 Å². The summed E-state index contributed by atoms with van der Waals surface area (Å²) in [5.74, 6) is 1.35. The van der Waals surface area contributed by atoms with Crippen LogP contribution < -0.4 is 5.73 Å². The molecule has 1 aromatic heterocycles. The molecule has 1 heterocycles. The zero-order chi connectivity index (χ0) is 13.7. The topological polar surface area (TPSA) is 74.2 Å². The molecule has 2 N–H and O–H groups in total. The molecule has 0 aliphatic heterocycles. The Hall–Kier alpha value is -0.940. The maximum Gasteiger partial charge on any atom is 0.228 e. The van der Waals surface area contributed by atoms with E-state index in [0.717, 1.165) is 25.7 Å². The Balaban J connectivity index is 2.06. The van der Waals surface area contributed by atoms with Crippen molar-refractivity contribution >= 4 is 0 Å². The second kappa shape index (κ2) is 6.48. The highest BCUT2D eigenvalue weighted by Crippen LogP contribution is 2.40. The van der Waals surface area contributed by atoms with E-state index in [2.05, 4.69) is 17.1 Å². The highest BCUT2D eigenvalue weighted by molar-refractivity contribution is 5.05. The van der Waals surface area contributed by atoms with Crippen LogP contribution in [0.1, 0.15) is 64.1 Å². The van der Waals surface area contributed by atoms with Crippen LogP contribution in [0.4, 0.5) is 0 Å². The summed E-state index contributed by atoms with van der Waals surface area (Å²) in [5.41, 5.74) is 5.70. The molecule has 0 bridgehead atoms. The third kappa shape index (κ3) is 3.34. The molecule has 2 rings (SSSR count). The summed E-state index contributed by atoms with van der Waals surface area (Å²) >= 11 is 0. The van der Waals surface area contributed by atoms with Crippen LogP contribution in [0.2, 0.25) is 0 Å². The van der Waals surface area contributed by atoms with Crippen LogP contribution >= 0.6 is 0 Å². The maximum absolute atomic E-state index is 6.01. The van der Waals surface area contributed by atoms with Crippen LogP contribution in [-0.2, 0) is 16.8 Å². The van der Waals surface area contributed by atoms with Crippen molar-refractivity contribution in [2.45, 2.75) is 70.4 Å². The molecular weight excluding hydrogens is 242 g/mol. The van der Waals surface area contributed by atoms with Crippen molar-refractivity contribution in [2.75, 3.05) is 6.61 Å². The zero-order valence-corrected chi connectivity index (χ0v) is 12.0. The van der Waals surface area contributed by atoms with Gasteiger partial charge in [-0.25, -0.2) is 0 Å². The number of hydrogen-bond acceptors (Lipinski definition) is 5. The first kappa shape index (κ1) is 14.5. The van der Waals surface area contributed by atoms with E-state index in [1.807, 2.05) is 6.92 Å². The first-order valence-electron chi connectivity index (χ1n) is 7.43. The van der Waals surface area contributed by atoms with Gasteiger partial charge in [0, 0.05) is 19.1 Å². The van der Waals surface area contributed by atoms with Gasteiger partial charge in [-0.2, -0.15) is 4.98 Å². The van der Waals surface area contributed by atoms with Gasteiger partial charge in [0.1, 0.15) is 5.60 Å². The number of aromatic nitrogens is 2. The fraction of sp³-hybridized carbons (Fsp3) is 0.857. The van der Waals surface area contributed by atoms with Gasteiger partial charge in [0.15, 0.2) is 0 Å². The Morgan fingerprint density at radius 1 is 1.37 bits per heavy atom. The molecule has 1 unspecified atom stereocenters. The molecule has 0 amide bonds. The summed E-state index contributed by atoms with van der Waals surface area (Å²) in [6.45, 7) is 4.82. The van der Waals surface area contributed by atoms with E-state index in [4.69, 9.17) is 15.0 Å². The number of nitrogens with zero attached hydrogens (tertiary/aromatic N) is 2. The van der Waals surface area contributed by atoms with E-state index in [0.29, 0.717) is 24.7 Å².